The minimum absolute atomic E-state index is 0.974. The molecule has 1 aromatic carbocycles. The quantitative estimate of drug-likeness (QED) is 0.836. The van der Waals surface area contributed by atoms with Gasteiger partial charge in [0.1, 0.15) is 0 Å². The zero-order chi connectivity index (χ0) is 11.2. The lowest BCUT2D eigenvalue weighted by Crippen LogP contribution is -2.37. The minimum atomic E-state index is 0.974. The summed E-state index contributed by atoms with van der Waals surface area (Å²) in [4.78, 5) is 0. The zero-order valence-corrected chi connectivity index (χ0v) is 9.78. The monoisotopic (exact) mass is 216 g/mol. The van der Waals surface area contributed by atoms with Gasteiger partial charge in [-0.3, -0.25) is 5.43 Å². The minimum Gasteiger partial charge on any atom is -0.255 e. The lowest BCUT2D eigenvalue weighted by atomic mass is 10.1. The van der Waals surface area contributed by atoms with Crippen molar-refractivity contribution in [1.29, 1.82) is 0 Å². The predicted molar refractivity (Wildman–Crippen MR) is 68.8 cm³/mol. The molecule has 1 aromatic rings. The van der Waals surface area contributed by atoms with Gasteiger partial charge < -0.3 is 0 Å². The maximum atomic E-state index is 3.86. The molecule has 2 nitrogen and oxygen atoms in total. The van der Waals surface area contributed by atoms with Crippen molar-refractivity contribution >= 4 is 6.08 Å². The van der Waals surface area contributed by atoms with E-state index in [2.05, 4.69) is 41.3 Å². The Balaban J connectivity index is 2.04. The molecule has 0 radical (unpaired) electrons. The molecule has 16 heavy (non-hydrogen) atoms. The number of benzene rings is 1. The third kappa shape index (κ3) is 2.94. The summed E-state index contributed by atoms with van der Waals surface area (Å²) in [7, 11) is 0. The average Bonchev–Trinajstić information content (AvgIpc) is 2.58. The molecule has 2 rings (SSSR count). The van der Waals surface area contributed by atoms with Gasteiger partial charge in [0.15, 0.2) is 0 Å². The fourth-order valence-electron chi connectivity index (χ4n) is 2.14. The highest BCUT2D eigenvalue weighted by molar-refractivity contribution is 5.51. The molecule has 1 aliphatic heterocycles. The van der Waals surface area contributed by atoms with Crippen LogP contribution in [0.4, 0.5) is 0 Å². The first-order chi connectivity index (χ1) is 7.90. The Morgan fingerprint density at radius 2 is 2.12 bits per heavy atom. The van der Waals surface area contributed by atoms with Crippen LogP contribution < -0.4 is 5.43 Å². The van der Waals surface area contributed by atoms with Crippen molar-refractivity contribution in [2.24, 2.45) is 0 Å². The second-order valence-corrected chi connectivity index (χ2v) is 4.29. The largest absolute Gasteiger partial charge is 0.255 e. The normalized spacial score (nSPS) is 18.0. The van der Waals surface area contributed by atoms with Crippen LogP contribution in [-0.2, 0) is 6.54 Å². The smallest absolute Gasteiger partial charge is 0.0387 e. The van der Waals surface area contributed by atoms with Crippen molar-refractivity contribution in [2.75, 3.05) is 13.1 Å². The molecule has 86 valence electrons. The number of nitrogens with zero attached hydrogens (tertiary/aromatic N) is 1. The molecule has 1 aliphatic rings. The number of hydrogen-bond donors (Lipinski definition) is 1. The Hall–Kier alpha value is -1.12. The lowest BCUT2D eigenvalue weighted by Gasteiger charge is -2.21. The molecule has 2 heteroatoms. The second-order valence-electron chi connectivity index (χ2n) is 4.29. The van der Waals surface area contributed by atoms with Gasteiger partial charge in [-0.2, -0.15) is 0 Å². The number of hydrazine groups is 1. The van der Waals surface area contributed by atoms with Crippen molar-refractivity contribution in [3.63, 3.8) is 0 Å². The van der Waals surface area contributed by atoms with E-state index in [-0.39, 0.29) is 0 Å². The van der Waals surface area contributed by atoms with E-state index in [1.54, 1.807) is 0 Å². The number of nitrogens with one attached hydrogen (secondary N) is 1. The van der Waals surface area contributed by atoms with Gasteiger partial charge in [-0.1, -0.05) is 43.3 Å². The Labute approximate surface area is 97.9 Å². The van der Waals surface area contributed by atoms with Crippen molar-refractivity contribution in [1.82, 2.24) is 10.4 Å². The Bertz CT molecular complexity index is 338. The molecule has 0 unspecified atom stereocenters. The van der Waals surface area contributed by atoms with Crippen molar-refractivity contribution < 1.29 is 0 Å². The summed E-state index contributed by atoms with van der Waals surface area (Å²) < 4.78 is 0. The first-order valence-electron chi connectivity index (χ1n) is 6.09. The van der Waals surface area contributed by atoms with E-state index >= 15 is 0 Å². The Morgan fingerprint density at radius 1 is 1.25 bits per heavy atom. The molecule has 0 aliphatic carbocycles. The van der Waals surface area contributed by atoms with E-state index in [1.165, 1.54) is 30.4 Å². The van der Waals surface area contributed by atoms with Crippen LogP contribution in [0.1, 0.15) is 30.4 Å². The molecule has 1 fully saturated rings. The first kappa shape index (κ1) is 11.4. The first-order valence-corrected chi connectivity index (χ1v) is 6.09. The molecule has 0 saturated carbocycles. The van der Waals surface area contributed by atoms with Crippen molar-refractivity contribution in [3.8, 4) is 0 Å². The molecule has 0 bridgehead atoms. The number of rotatable bonds is 3. The Kier molecular flexibility index (Phi) is 4.14. The van der Waals surface area contributed by atoms with Gasteiger partial charge in [0.25, 0.3) is 0 Å². The fraction of sp³-hybridized carbons (Fsp3) is 0.429. The molecule has 1 N–H and O–H groups in total. The summed E-state index contributed by atoms with van der Waals surface area (Å²) in [6.07, 6.45) is 5.86. The highest BCUT2D eigenvalue weighted by Crippen LogP contribution is 2.13. The highest BCUT2D eigenvalue weighted by atomic mass is 15.5. The van der Waals surface area contributed by atoms with Crippen LogP contribution in [0.5, 0.6) is 0 Å². The molecular formula is C14H20N2. The van der Waals surface area contributed by atoms with Crippen molar-refractivity contribution in [2.45, 2.75) is 25.8 Å². The summed E-state index contributed by atoms with van der Waals surface area (Å²) in [5.41, 5.74) is 6.08. The van der Waals surface area contributed by atoms with Crippen molar-refractivity contribution in [3.05, 3.63) is 42.0 Å². The summed E-state index contributed by atoms with van der Waals surface area (Å²) in [6.45, 7) is 7.09. The summed E-state index contributed by atoms with van der Waals surface area (Å²) >= 11 is 0. The van der Waals surface area contributed by atoms with Gasteiger partial charge in [-0.05, 0) is 24.0 Å². The molecule has 1 saturated heterocycles. The summed E-state index contributed by atoms with van der Waals surface area (Å²) in [5, 5.41) is 2.33. The number of hydrogen-bond acceptors (Lipinski definition) is 2. The summed E-state index contributed by atoms with van der Waals surface area (Å²) in [5.74, 6) is 0. The molecule has 0 amide bonds. The van der Waals surface area contributed by atoms with Crippen LogP contribution in [0, 0.1) is 0 Å². The van der Waals surface area contributed by atoms with E-state index in [0.29, 0.717) is 0 Å². The zero-order valence-electron chi connectivity index (χ0n) is 9.78. The van der Waals surface area contributed by atoms with Gasteiger partial charge in [0.2, 0.25) is 0 Å². The van der Waals surface area contributed by atoms with Gasteiger partial charge >= 0.3 is 0 Å². The van der Waals surface area contributed by atoms with Gasteiger partial charge in [-0.15, -0.1) is 0 Å². The van der Waals surface area contributed by atoms with E-state index in [1.807, 2.05) is 6.08 Å². The molecule has 0 atom stereocenters. The van der Waals surface area contributed by atoms with E-state index in [9.17, 15) is 0 Å². The lowest BCUT2D eigenvalue weighted by molar-refractivity contribution is 0.192. The predicted octanol–water partition coefficient (Wildman–Crippen LogP) is 2.82. The van der Waals surface area contributed by atoms with E-state index in [0.717, 1.165) is 19.6 Å². The SMILES string of the molecule is C=Cc1ccccc1CN1CCCCCN1. The highest BCUT2D eigenvalue weighted by Gasteiger charge is 2.09. The third-order valence-corrected chi connectivity index (χ3v) is 3.08. The van der Waals surface area contributed by atoms with Crippen LogP contribution >= 0.6 is 0 Å². The van der Waals surface area contributed by atoms with E-state index in [4.69, 9.17) is 0 Å². The van der Waals surface area contributed by atoms with Crippen LogP contribution in [0.3, 0.4) is 0 Å². The fourth-order valence-corrected chi connectivity index (χ4v) is 2.14. The van der Waals surface area contributed by atoms with Gasteiger partial charge in [0, 0.05) is 19.6 Å². The van der Waals surface area contributed by atoms with E-state index < -0.39 is 0 Å². The van der Waals surface area contributed by atoms with Crippen LogP contribution in [0.25, 0.3) is 6.08 Å². The summed E-state index contributed by atoms with van der Waals surface area (Å²) in [6, 6.07) is 8.47. The third-order valence-electron chi connectivity index (χ3n) is 3.08. The van der Waals surface area contributed by atoms with Crippen LogP contribution in [-0.4, -0.2) is 18.1 Å². The molecule has 1 heterocycles. The molecule has 0 spiro atoms. The molecular weight excluding hydrogens is 196 g/mol. The Morgan fingerprint density at radius 3 is 3.00 bits per heavy atom. The van der Waals surface area contributed by atoms with Crippen LogP contribution in [0.15, 0.2) is 30.8 Å². The molecule has 0 aromatic heterocycles. The topological polar surface area (TPSA) is 15.3 Å². The standard InChI is InChI=1S/C14H20N2/c1-2-13-8-4-5-9-14(13)12-16-11-7-3-6-10-15-16/h2,4-5,8-9,15H,1,3,6-7,10-12H2. The average molecular weight is 216 g/mol. The maximum Gasteiger partial charge on any atom is 0.0387 e. The maximum absolute atomic E-state index is 3.86. The van der Waals surface area contributed by atoms with Gasteiger partial charge in [-0.25, -0.2) is 5.01 Å². The van der Waals surface area contributed by atoms with Crippen LogP contribution in [0.2, 0.25) is 0 Å². The second kappa shape index (κ2) is 5.83. The van der Waals surface area contributed by atoms with Gasteiger partial charge in [0.05, 0.1) is 0 Å².